The standard InChI is InChI=1S/C16H22ClNO5S/c1-11(10-19)18(9-12-4-3-5-12)24(21,22)15-7-6-13(8-14(15)17)16(20)23-2/h6-8,11-12,19H,3-5,9-10H2,1-2H3/t11-/m1/s1. The average molecular weight is 376 g/mol. The Morgan fingerprint density at radius 1 is 1.46 bits per heavy atom. The minimum atomic E-state index is -3.87. The van der Waals surface area contributed by atoms with Gasteiger partial charge in [-0.25, -0.2) is 13.2 Å². The summed E-state index contributed by atoms with van der Waals surface area (Å²) in [5.41, 5.74) is 0.183. The van der Waals surface area contributed by atoms with Crippen LogP contribution in [0.25, 0.3) is 0 Å². The molecule has 1 saturated carbocycles. The Balaban J connectivity index is 2.36. The van der Waals surface area contributed by atoms with E-state index in [0.29, 0.717) is 12.5 Å². The molecule has 0 heterocycles. The lowest BCUT2D eigenvalue weighted by atomic mass is 9.85. The van der Waals surface area contributed by atoms with Gasteiger partial charge in [0.1, 0.15) is 4.90 Å². The molecule has 0 unspecified atom stereocenters. The number of nitrogens with zero attached hydrogens (tertiary/aromatic N) is 1. The first kappa shape index (κ1) is 19.2. The zero-order valence-electron chi connectivity index (χ0n) is 13.7. The van der Waals surface area contributed by atoms with Crippen molar-refractivity contribution in [3.8, 4) is 0 Å². The highest BCUT2D eigenvalue weighted by Gasteiger charge is 2.34. The van der Waals surface area contributed by atoms with Crippen LogP contribution in [0, 0.1) is 5.92 Å². The largest absolute Gasteiger partial charge is 0.465 e. The Kier molecular flexibility index (Phi) is 6.25. The van der Waals surface area contributed by atoms with Gasteiger partial charge in [-0.1, -0.05) is 18.0 Å². The van der Waals surface area contributed by atoms with Gasteiger partial charge < -0.3 is 9.84 Å². The molecule has 134 valence electrons. The van der Waals surface area contributed by atoms with Gasteiger partial charge >= 0.3 is 5.97 Å². The van der Waals surface area contributed by atoms with Gasteiger partial charge in [0, 0.05) is 12.6 Å². The molecule has 1 aliphatic rings. The van der Waals surface area contributed by atoms with Crippen molar-refractivity contribution in [2.45, 2.75) is 37.1 Å². The quantitative estimate of drug-likeness (QED) is 0.739. The van der Waals surface area contributed by atoms with Gasteiger partial charge in [0.15, 0.2) is 0 Å². The molecule has 0 bridgehead atoms. The van der Waals surface area contributed by atoms with E-state index in [-0.39, 0.29) is 22.1 Å². The molecule has 8 heteroatoms. The number of halogens is 1. The molecular weight excluding hydrogens is 354 g/mol. The molecule has 0 saturated heterocycles. The van der Waals surface area contributed by atoms with Crippen molar-refractivity contribution >= 4 is 27.6 Å². The predicted octanol–water partition coefficient (Wildman–Crippen LogP) is 2.30. The predicted molar refractivity (Wildman–Crippen MR) is 90.6 cm³/mol. The molecule has 0 amide bonds. The fourth-order valence-corrected chi connectivity index (χ4v) is 4.84. The summed E-state index contributed by atoms with van der Waals surface area (Å²) in [4.78, 5) is 11.5. The second-order valence-corrected chi connectivity index (χ2v) is 8.31. The molecule has 0 aromatic heterocycles. The topological polar surface area (TPSA) is 83.9 Å². The van der Waals surface area contributed by atoms with Crippen LogP contribution in [0.15, 0.2) is 23.1 Å². The average Bonchev–Trinajstić information content (AvgIpc) is 2.51. The first-order valence-electron chi connectivity index (χ1n) is 7.81. The maximum absolute atomic E-state index is 13.0. The normalized spacial score (nSPS) is 16.7. The minimum absolute atomic E-state index is 0.0401. The van der Waals surface area contributed by atoms with Crippen LogP contribution < -0.4 is 0 Å². The number of carbonyl (C=O) groups excluding carboxylic acids is 1. The molecule has 0 aliphatic heterocycles. The number of aliphatic hydroxyl groups excluding tert-OH is 1. The van der Waals surface area contributed by atoms with Crippen LogP contribution in [0.3, 0.4) is 0 Å². The van der Waals surface area contributed by atoms with Crippen molar-refractivity contribution in [1.29, 1.82) is 0 Å². The van der Waals surface area contributed by atoms with E-state index in [0.717, 1.165) is 19.3 Å². The van der Waals surface area contributed by atoms with Gasteiger partial charge in [0.25, 0.3) is 0 Å². The van der Waals surface area contributed by atoms with Crippen molar-refractivity contribution < 1.29 is 23.1 Å². The number of hydrogen-bond donors (Lipinski definition) is 1. The Bertz CT molecular complexity index is 702. The molecule has 1 fully saturated rings. The lowest BCUT2D eigenvalue weighted by Gasteiger charge is -2.34. The smallest absolute Gasteiger partial charge is 0.337 e. The van der Waals surface area contributed by atoms with Crippen LogP contribution in [0.1, 0.15) is 36.5 Å². The summed E-state index contributed by atoms with van der Waals surface area (Å²) < 4.78 is 31.9. The number of aliphatic hydroxyl groups is 1. The van der Waals surface area contributed by atoms with Gasteiger partial charge in [-0.3, -0.25) is 0 Å². The van der Waals surface area contributed by atoms with Gasteiger partial charge in [-0.05, 0) is 43.9 Å². The number of hydrogen-bond acceptors (Lipinski definition) is 5. The van der Waals surface area contributed by atoms with Gasteiger partial charge in [-0.2, -0.15) is 4.31 Å². The van der Waals surface area contributed by atoms with Gasteiger partial charge in [0.05, 0.1) is 24.3 Å². The second-order valence-electron chi connectivity index (χ2n) is 6.04. The minimum Gasteiger partial charge on any atom is -0.465 e. The van der Waals surface area contributed by atoms with Crippen LogP contribution in [-0.4, -0.2) is 50.1 Å². The first-order valence-corrected chi connectivity index (χ1v) is 9.63. The first-order chi connectivity index (χ1) is 11.3. The lowest BCUT2D eigenvalue weighted by molar-refractivity contribution is 0.0600. The highest BCUT2D eigenvalue weighted by Crippen LogP contribution is 2.32. The molecule has 1 atom stereocenters. The Hall–Kier alpha value is -1.15. The number of sulfonamides is 1. The number of rotatable bonds is 7. The van der Waals surface area contributed by atoms with Crippen LogP contribution in [-0.2, 0) is 14.8 Å². The number of esters is 1. The number of carbonyl (C=O) groups is 1. The maximum Gasteiger partial charge on any atom is 0.337 e. The molecule has 1 N–H and O–H groups in total. The van der Waals surface area contributed by atoms with Gasteiger partial charge in [0.2, 0.25) is 10.0 Å². The third kappa shape index (κ3) is 3.91. The van der Waals surface area contributed by atoms with E-state index in [2.05, 4.69) is 4.74 Å². The summed E-state index contributed by atoms with van der Waals surface area (Å²) in [6.45, 7) is 1.75. The van der Waals surface area contributed by atoms with Crippen molar-refractivity contribution in [3.05, 3.63) is 28.8 Å². The molecule has 0 spiro atoms. The van der Waals surface area contributed by atoms with Crippen LogP contribution in [0.4, 0.5) is 0 Å². The Labute approximate surface area is 147 Å². The van der Waals surface area contributed by atoms with E-state index in [1.165, 1.54) is 29.6 Å². The van der Waals surface area contributed by atoms with Crippen molar-refractivity contribution in [2.75, 3.05) is 20.3 Å². The maximum atomic E-state index is 13.0. The molecule has 1 aromatic rings. The highest BCUT2D eigenvalue weighted by atomic mass is 35.5. The Morgan fingerprint density at radius 3 is 2.58 bits per heavy atom. The summed E-state index contributed by atoms with van der Waals surface area (Å²) >= 11 is 6.12. The molecule has 1 aromatic carbocycles. The lowest BCUT2D eigenvalue weighted by Crippen LogP contribution is -2.44. The van der Waals surface area contributed by atoms with Crippen molar-refractivity contribution in [3.63, 3.8) is 0 Å². The molecule has 0 radical (unpaired) electrons. The summed E-state index contributed by atoms with van der Waals surface area (Å²) in [7, 11) is -2.63. The third-order valence-corrected chi connectivity index (χ3v) is 6.82. The number of benzene rings is 1. The molecule has 1 aliphatic carbocycles. The summed E-state index contributed by atoms with van der Waals surface area (Å²) in [5, 5.41) is 9.40. The number of ether oxygens (including phenoxy) is 1. The third-order valence-electron chi connectivity index (χ3n) is 4.36. The second kappa shape index (κ2) is 7.82. The molecule has 24 heavy (non-hydrogen) atoms. The van der Waals surface area contributed by atoms with Crippen LogP contribution in [0.5, 0.6) is 0 Å². The van der Waals surface area contributed by atoms with E-state index in [9.17, 15) is 18.3 Å². The highest BCUT2D eigenvalue weighted by molar-refractivity contribution is 7.89. The summed E-state index contributed by atoms with van der Waals surface area (Å²) in [5.74, 6) is -0.280. The Morgan fingerprint density at radius 2 is 2.12 bits per heavy atom. The number of methoxy groups -OCH3 is 1. The van der Waals surface area contributed by atoms with E-state index in [4.69, 9.17) is 11.6 Å². The monoisotopic (exact) mass is 375 g/mol. The van der Waals surface area contributed by atoms with Crippen LogP contribution in [0.2, 0.25) is 5.02 Å². The fourth-order valence-electron chi connectivity index (χ4n) is 2.62. The summed E-state index contributed by atoms with van der Waals surface area (Å²) in [6, 6.07) is 3.41. The van der Waals surface area contributed by atoms with Crippen LogP contribution >= 0.6 is 11.6 Å². The van der Waals surface area contributed by atoms with E-state index in [1.807, 2.05) is 0 Å². The van der Waals surface area contributed by atoms with E-state index in [1.54, 1.807) is 6.92 Å². The van der Waals surface area contributed by atoms with Crippen molar-refractivity contribution in [1.82, 2.24) is 4.31 Å². The molecule has 6 nitrogen and oxygen atoms in total. The molecule has 2 rings (SSSR count). The van der Waals surface area contributed by atoms with E-state index >= 15 is 0 Å². The SMILES string of the molecule is COC(=O)c1ccc(S(=O)(=O)N(CC2CCC2)[C@H](C)CO)c(Cl)c1. The summed E-state index contributed by atoms with van der Waals surface area (Å²) in [6.07, 6.45) is 3.07. The fraction of sp³-hybridized carbons (Fsp3) is 0.562. The molecular formula is C16H22ClNO5S. The zero-order chi connectivity index (χ0) is 17.9. The van der Waals surface area contributed by atoms with Crippen molar-refractivity contribution in [2.24, 2.45) is 5.92 Å². The van der Waals surface area contributed by atoms with Gasteiger partial charge in [-0.15, -0.1) is 0 Å². The zero-order valence-corrected chi connectivity index (χ0v) is 15.3. The van der Waals surface area contributed by atoms with E-state index < -0.39 is 22.0 Å².